The van der Waals surface area contributed by atoms with E-state index in [4.69, 9.17) is 10.4 Å². The molecule has 0 fully saturated rings. The third-order valence-corrected chi connectivity index (χ3v) is 1.71. The van der Waals surface area contributed by atoms with Crippen molar-refractivity contribution in [2.24, 2.45) is 10.3 Å². The first-order chi connectivity index (χ1) is 5.76. The summed E-state index contributed by atoms with van der Waals surface area (Å²) in [4.78, 5) is 0. The zero-order valence-corrected chi connectivity index (χ0v) is 7.62. The van der Waals surface area contributed by atoms with Crippen LogP contribution in [0.25, 0.3) is 0 Å². The highest BCUT2D eigenvalue weighted by atomic mass is 16.4. The Morgan fingerprint density at radius 2 is 1.83 bits per heavy atom. The molecule has 0 saturated carbocycles. The van der Waals surface area contributed by atoms with E-state index in [1.165, 1.54) is 0 Å². The van der Waals surface area contributed by atoms with E-state index in [0.717, 1.165) is 19.3 Å². The lowest BCUT2D eigenvalue weighted by atomic mass is 10.1. The quantitative estimate of drug-likeness (QED) is 0.289. The van der Waals surface area contributed by atoms with Gasteiger partial charge in [-0.1, -0.05) is 30.1 Å². The van der Waals surface area contributed by atoms with E-state index in [2.05, 4.69) is 17.2 Å². The van der Waals surface area contributed by atoms with Gasteiger partial charge >= 0.3 is 0 Å². The minimum Gasteiger partial charge on any atom is -0.411 e. The molecule has 0 aliphatic rings. The van der Waals surface area contributed by atoms with Crippen molar-refractivity contribution in [3.63, 3.8) is 0 Å². The summed E-state index contributed by atoms with van der Waals surface area (Å²) in [7, 11) is 0. The molecule has 70 valence electrons. The predicted molar refractivity (Wildman–Crippen MR) is 48.3 cm³/mol. The Kier molecular flexibility index (Phi) is 6.05. The van der Waals surface area contributed by atoms with Gasteiger partial charge in [-0.15, -0.1) is 0 Å². The van der Waals surface area contributed by atoms with Gasteiger partial charge in [0.25, 0.3) is 0 Å². The van der Waals surface area contributed by atoms with Crippen LogP contribution < -0.4 is 0 Å². The van der Waals surface area contributed by atoms with Gasteiger partial charge in [-0.3, -0.25) is 0 Å². The van der Waals surface area contributed by atoms with Gasteiger partial charge in [-0.05, 0) is 19.8 Å². The number of oxime groups is 2. The minimum absolute atomic E-state index is 0.383. The molecule has 0 aromatic heterocycles. The largest absolute Gasteiger partial charge is 0.411 e. The number of rotatable bonds is 5. The van der Waals surface area contributed by atoms with Crippen molar-refractivity contribution in [2.45, 2.75) is 39.5 Å². The molecule has 4 nitrogen and oxygen atoms in total. The van der Waals surface area contributed by atoms with E-state index in [1.807, 2.05) is 0 Å². The summed E-state index contributed by atoms with van der Waals surface area (Å²) in [6.45, 7) is 3.71. The lowest BCUT2D eigenvalue weighted by Gasteiger charge is -2.00. The van der Waals surface area contributed by atoms with Crippen LogP contribution in [0.4, 0.5) is 0 Å². The standard InChI is InChI=1S/C8H16N2O2/c1-3-4-5-6-8(10-12)7(2)9-11/h11-12H,3-6H2,1-2H3/b9-7+,10-8-. The smallest absolute Gasteiger partial charge is 0.104 e. The first kappa shape index (κ1) is 10.9. The summed E-state index contributed by atoms with van der Waals surface area (Å²) in [6.07, 6.45) is 3.84. The average molecular weight is 172 g/mol. The van der Waals surface area contributed by atoms with Gasteiger partial charge in [-0.2, -0.15) is 0 Å². The van der Waals surface area contributed by atoms with E-state index in [9.17, 15) is 0 Å². The maximum Gasteiger partial charge on any atom is 0.104 e. The van der Waals surface area contributed by atoms with Gasteiger partial charge in [0, 0.05) is 0 Å². The number of hydrogen-bond acceptors (Lipinski definition) is 4. The highest BCUT2D eigenvalue weighted by Gasteiger charge is 2.03. The Morgan fingerprint density at radius 3 is 2.25 bits per heavy atom. The first-order valence-electron chi connectivity index (χ1n) is 4.16. The molecule has 0 spiro atoms. The molecule has 12 heavy (non-hydrogen) atoms. The maximum absolute atomic E-state index is 8.52. The monoisotopic (exact) mass is 172 g/mol. The van der Waals surface area contributed by atoms with Crippen molar-refractivity contribution in [3.05, 3.63) is 0 Å². The fourth-order valence-electron chi connectivity index (χ4n) is 0.903. The van der Waals surface area contributed by atoms with Crippen molar-refractivity contribution >= 4 is 11.4 Å². The molecule has 0 heterocycles. The molecule has 0 unspecified atom stereocenters. The van der Waals surface area contributed by atoms with E-state index in [0.29, 0.717) is 17.8 Å². The Bertz CT molecular complexity index is 176. The second kappa shape index (κ2) is 6.64. The predicted octanol–water partition coefficient (Wildman–Crippen LogP) is 2.25. The fourth-order valence-corrected chi connectivity index (χ4v) is 0.903. The van der Waals surface area contributed by atoms with Gasteiger partial charge in [0.15, 0.2) is 0 Å². The molecule has 0 aromatic rings. The van der Waals surface area contributed by atoms with Crippen molar-refractivity contribution < 1.29 is 10.4 Å². The van der Waals surface area contributed by atoms with E-state index < -0.39 is 0 Å². The average Bonchev–Trinajstić information content (AvgIpc) is 2.11. The third-order valence-electron chi connectivity index (χ3n) is 1.71. The van der Waals surface area contributed by atoms with Gasteiger partial charge in [0.2, 0.25) is 0 Å². The maximum atomic E-state index is 8.52. The molecule has 0 atom stereocenters. The lowest BCUT2D eigenvalue weighted by Crippen LogP contribution is -2.10. The van der Waals surface area contributed by atoms with Crippen molar-refractivity contribution in [1.82, 2.24) is 0 Å². The highest BCUT2D eigenvalue weighted by Crippen LogP contribution is 2.01. The molecule has 2 N–H and O–H groups in total. The Labute approximate surface area is 72.6 Å². The second-order valence-corrected chi connectivity index (χ2v) is 2.69. The summed E-state index contributed by atoms with van der Waals surface area (Å²) in [6, 6.07) is 0. The summed E-state index contributed by atoms with van der Waals surface area (Å²) in [5, 5.41) is 22.9. The molecule has 0 radical (unpaired) electrons. The van der Waals surface area contributed by atoms with Crippen LogP contribution in [0.3, 0.4) is 0 Å². The fraction of sp³-hybridized carbons (Fsp3) is 0.750. The molecule has 0 bridgehead atoms. The van der Waals surface area contributed by atoms with Crippen LogP contribution >= 0.6 is 0 Å². The minimum atomic E-state index is 0.383. The molecule has 0 amide bonds. The molecule has 0 rings (SSSR count). The number of nitrogens with zero attached hydrogens (tertiary/aromatic N) is 2. The second-order valence-electron chi connectivity index (χ2n) is 2.69. The molecule has 0 saturated heterocycles. The zero-order chi connectivity index (χ0) is 9.40. The van der Waals surface area contributed by atoms with Crippen LogP contribution in [-0.4, -0.2) is 21.8 Å². The normalized spacial score (nSPS) is 13.5. The summed E-state index contributed by atoms with van der Waals surface area (Å²) in [5.41, 5.74) is 0.847. The van der Waals surface area contributed by atoms with E-state index in [1.54, 1.807) is 6.92 Å². The van der Waals surface area contributed by atoms with Crippen molar-refractivity contribution in [3.8, 4) is 0 Å². The third kappa shape index (κ3) is 3.95. The Morgan fingerprint density at radius 1 is 1.17 bits per heavy atom. The summed E-state index contributed by atoms with van der Waals surface area (Å²) >= 11 is 0. The summed E-state index contributed by atoms with van der Waals surface area (Å²) < 4.78 is 0. The van der Waals surface area contributed by atoms with Crippen molar-refractivity contribution in [1.29, 1.82) is 0 Å². The summed E-state index contributed by atoms with van der Waals surface area (Å²) in [5.74, 6) is 0. The van der Waals surface area contributed by atoms with Crippen molar-refractivity contribution in [2.75, 3.05) is 0 Å². The highest BCUT2D eigenvalue weighted by molar-refractivity contribution is 6.41. The molecular formula is C8H16N2O2. The van der Waals surface area contributed by atoms with Gasteiger partial charge in [0.05, 0.1) is 0 Å². The number of hydrogen-bond donors (Lipinski definition) is 2. The zero-order valence-electron chi connectivity index (χ0n) is 7.62. The van der Waals surface area contributed by atoms with E-state index in [-0.39, 0.29) is 0 Å². The Hall–Kier alpha value is -1.06. The van der Waals surface area contributed by atoms with Gasteiger partial charge < -0.3 is 10.4 Å². The molecule has 0 aliphatic carbocycles. The van der Waals surface area contributed by atoms with Crippen LogP contribution in [0.1, 0.15) is 39.5 Å². The topological polar surface area (TPSA) is 65.2 Å². The van der Waals surface area contributed by atoms with Crippen LogP contribution in [0, 0.1) is 0 Å². The number of unbranched alkanes of at least 4 members (excludes halogenated alkanes) is 2. The van der Waals surface area contributed by atoms with Crippen LogP contribution in [0.2, 0.25) is 0 Å². The van der Waals surface area contributed by atoms with Crippen LogP contribution in [-0.2, 0) is 0 Å². The lowest BCUT2D eigenvalue weighted by molar-refractivity contribution is 0.313. The Balaban J connectivity index is 3.86. The first-order valence-corrected chi connectivity index (χ1v) is 4.16. The van der Waals surface area contributed by atoms with Gasteiger partial charge in [-0.25, -0.2) is 0 Å². The molecule has 0 aromatic carbocycles. The van der Waals surface area contributed by atoms with Crippen LogP contribution in [0.5, 0.6) is 0 Å². The van der Waals surface area contributed by atoms with E-state index >= 15 is 0 Å². The van der Waals surface area contributed by atoms with Gasteiger partial charge in [0.1, 0.15) is 11.4 Å². The van der Waals surface area contributed by atoms with Crippen LogP contribution in [0.15, 0.2) is 10.3 Å². The molecular weight excluding hydrogens is 156 g/mol. The molecule has 0 aliphatic heterocycles. The molecule has 4 heteroatoms. The SMILES string of the molecule is CCCCCC(=N/O)/C(C)=N/O.